The Morgan fingerprint density at radius 2 is 2.53 bits per heavy atom. The molecular weight excluding hydrogens is 234 g/mol. The molecule has 1 fully saturated rings. The number of hydrogen-bond acceptors (Lipinski definition) is 4. The Hall–Kier alpha value is -0.520. The van der Waals surface area contributed by atoms with Crippen LogP contribution in [0.4, 0.5) is 0 Å². The SMILES string of the molecule is CNC1(CO)CCCC(Sc2cnn(C)c2)C1. The third kappa shape index (κ3) is 3.03. The Morgan fingerprint density at radius 3 is 3.12 bits per heavy atom. The lowest BCUT2D eigenvalue weighted by Crippen LogP contribution is -2.50. The van der Waals surface area contributed by atoms with E-state index in [2.05, 4.69) is 16.6 Å². The van der Waals surface area contributed by atoms with Gasteiger partial charge in [-0.3, -0.25) is 4.68 Å². The van der Waals surface area contributed by atoms with Crippen molar-refractivity contribution in [3.05, 3.63) is 12.4 Å². The second-order valence-electron chi connectivity index (χ2n) is 4.87. The van der Waals surface area contributed by atoms with Crippen molar-refractivity contribution in [1.82, 2.24) is 15.1 Å². The first-order chi connectivity index (χ1) is 8.17. The van der Waals surface area contributed by atoms with Gasteiger partial charge in [-0.15, -0.1) is 11.8 Å². The van der Waals surface area contributed by atoms with Crippen LogP contribution in [0.3, 0.4) is 0 Å². The fourth-order valence-corrected chi connectivity index (χ4v) is 3.90. The third-order valence-electron chi connectivity index (χ3n) is 3.62. The van der Waals surface area contributed by atoms with Crippen LogP contribution in [-0.4, -0.2) is 39.3 Å². The summed E-state index contributed by atoms with van der Waals surface area (Å²) < 4.78 is 1.84. The Balaban J connectivity index is 1.98. The van der Waals surface area contributed by atoms with E-state index in [4.69, 9.17) is 0 Å². The van der Waals surface area contributed by atoms with Gasteiger partial charge in [0.2, 0.25) is 0 Å². The topological polar surface area (TPSA) is 50.1 Å². The molecule has 0 bridgehead atoms. The largest absolute Gasteiger partial charge is 0.394 e. The molecule has 1 aromatic heterocycles. The van der Waals surface area contributed by atoms with E-state index >= 15 is 0 Å². The maximum atomic E-state index is 9.54. The molecule has 4 nitrogen and oxygen atoms in total. The summed E-state index contributed by atoms with van der Waals surface area (Å²) in [5.74, 6) is 0. The first kappa shape index (κ1) is 12.9. The average Bonchev–Trinajstić information content (AvgIpc) is 2.75. The first-order valence-electron chi connectivity index (χ1n) is 6.12. The molecular formula is C12H21N3OS. The lowest BCUT2D eigenvalue weighted by Gasteiger charge is -2.39. The number of hydrogen-bond donors (Lipinski definition) is 2. The number of aliphatic hydroxyl groups excluding tert-OH is 1. The van der Waals surface area contributed by atoms with Crippen LogP contribution in [0, 0.1) is 0 Å². The highest BCUT2D eigenvalue weighted by Crippen LogP contribution is 2.37. The highest BCUT2D eigenvalue weighted by Gasteiger charge is 2.34. The zero-order valence-electron chi connectivity index (χ0n) is 10.5. The minimum Gasteiger partial charge on any atom is -0.394 e. The monoisotopic (exact) mass is 255 g/mol. The number of likely N-dealkylation sites (N-methyl/N-ethyl adjacent to an activating group) is 1. The molecule has 2 unspecified atom stereocenters. The molecule has 1 aromatic rings. The minimum absolute atomic E-state index is 0.0713. The molecule has 17 heavy (non-hydrogen) atoms. The molecule has 1 saturated carbocycles. The van der Waals surface area contributed by atoms with Gasteiger partial charge in [-0.05, 0) is 26.3 Å². The van der Waals surface area contributed by atoms with Crippen molar-refractivity contribution in [3.8, 4) is 0 Å². The zero-order valence-corrected chi connectivity index (χ0v) is 11.3. The summed E-state index contributed by atoms with van der Waals surface area (Å²) in [5, 5.41) is 17.6. The maximum Gasteiger partial charge on any atom is 0.0625 e. The van der Waals surface area contributed by atoms with E-state index in [1.165, 1.54) is 17.7 Å². The first-order valence-corrected chi connectivity index (χ1v) is 7.00. The van der Waals surface area contributed by atoms with Crippen LogP contribution in [0.2, 0.25) is 0 Å². The second-order valence-corrected chi connectivity index (χ2v) is 6.25. The molecule has 0 saturated heterocycles. The van der Waals surface area contributed by atoms with Gasteiger partial charge in [0.1, 0.15) is 0 Å². The molecule has 0 aromatic carbocycles. The van der Waals surface area contributed by atoms with Gasteiger partial charge >= 0.3 is 0 Å². The van der Waals surface area contributed by atoms with Gasteiger partial charge in [0.15, 0.2) is 0 Å². The quantitative estimate of drug-likeness (QED) is 0.854. The van der Waals surface area contributed by atoms with Crippen LogP contribution in [0.5, 0.6) is 0 Å². The normalized spacial score (nSPS) is 29.5. The molecule has 0 amide bonds. The van der Waals surface area contributed by atoms with Crippen molar-refractivity contribution in [3.63, 3.8) is 0 Å². The maximum absolute atomic E-state index is 9.54. The van der Waals surface area contributed by atoms with Crippen molar-refractivity contribution in [1.29, 1.82) is 0 Å². The van der Waals surface area contributed by atoms with Gasteiger partial charge in [-0.1, -0.05) is 6.42 Å². The van der Waals surface area contributed by atoms with Crippen LogP contribution < -0.4 is 5.32 Å². The van der Waals surface area contributed by atoms with E-state index in [0.717, 1.165) is 12.8 Å². The molecule has 96 valence electrons. The number of nitrogens with one attached hydrogen (secondary N) is 1. The molecule has 0 aliphatic heterocycles. The fourth-order valence-electron chi connectivity index (χ4n) is 2.51. The van der Waals surface area contributed by atoms with E-state index in [0.29, 0.717) is 5.25 Å². The highest BCUT2D eigenvalue weighted by molar-refractivity contribution is 8.00. The molecule has 1 aliphatic carbocycles. The van der Waals surface area contributed by atoms with E-state index in [1.807, 2.05) is 36.7 Å². The van der Waals surface area contributed by atoms with Gasteiger partial charge in [0.05, 0.1) is 12.8 Å². The average molecular weight is 255 g/mol. The summed E-state index contributed by atoms with van der Waals surface area (Å²) in [4.78, 5) is 1.22. The summed E-state index contributed by atoms with van der Waals surface area (Å²) >= 11 is 1.88. The number of nitrogens with zero attached hydrogens (tertiary/aromatic N) is 2. The predicted octanol–water partition coefficient (Wildman–Crippen LogP) is 1.41. The summed E-state index contributed by atoms with van der Waals surface area (Å²) in [6, 6.07) is 0. The second kappa shape index (κ2) is 5.42. The van der Waals surface area contributed by atoms with Gasteiger partial charge in [-0.2, -0.15) is 5.10 Å². The molecule has 2 atom stereocenters. The van der Waals surface area contributed by atoms with Gasteiger partial charge in [0.25, 0.3) is 0 Å². The summed E-state index contributed by atoms with van der Waals surface area (Å²) in [6.45, 7) is 0.230. The van der Waals surface area contributed by atoms with Crippen LogP contribution in [0.15, 0.2) is 17.3 Å². The summed E-state index contributed by atoms with van der Waals surface area (Å²) in [7, 11) is 3.89. The van der Waals surface area contributed by atoms with Crippen LogP contribution in [-0.2, 0) is 7.05 Å². The van der Waals surface area contributed by atoms with Crippen LogP contribution in [0.25, 0.3) is 0 Å². The van der Waals surface area contributed by atoms with Gasteiger partial charge in [-0.25, -0.2) is 0 Å². The standard InChI is InChI=1S/C12H21N3OS/c1-13-12(9-16)5-3-4-10(6-12)17-11-7-14-15(2)8-11/h7-8,10,13,16H,3-6,9H2,1-2H3. The lowest BCUT2D eigenvalue weighted by atomic mass is 9.82. The molecule has 0 spiro atoms. The van der Waals surface area contributed by atoms with Crippen LogP contribution in [0.1, 0.15) is 25.7 Å². The highest BCUT2D eigenvalue weighted by atomic mass is 32.2. The Bertz CT molecular complexity index is 362. The summed E-state index contributed by atoms with van der Waals surface area (Å²) in [5.41, 5.74) is -0.0713. The number of rotatable bonds is 4. The third-order valence-corrected chi connectivity index (χ3v) is 4.84. The van der Waals surface area contributed by atoms with Crippen molar-refractivity contribution in [2.45, 2.75) is 41.4 Å². The molecule has 1 aliphatic rings. The molecule has 1 heterocycles. The smallest absolute Gasteiger partial charge is 0.0625 e. The number of aryl methyl sites for hydroxylation is 1. The molecule has 5 heteroatoms. The van der Waals surface area contributed by atoms with Gasteiger partial charge < -0.3 is 10.4 Å². The molecule has 2 rings (SSSR count). The van der Waals surface area contributed by atoms with Crippen LogP contribution >= 0.6 is 11.8 Å². The van der Waals surface area contributed by atoms with E-state index < -0.39 is 0 Å². The van der Waals surface area contributed by atoms with Crippen molar-refractivity contribution in [2.75, 3.05) is 13.7 Å². The zero-order chi connectivity index (χ0) is 12.3. The predicted molar refractivity (Wildman–Crippen MR) is 70.2 cm³/mol. The Labute approximate surface area is 107 Å². The summed E-state index contributed by atoms with van der Waals surface area (Å²) in [6.07, 6.45) is 8.48. The number of aliphatic hydroxyl groups is 1. The van der Waals surface area contributed by atoms with Crippen molar-refractivity contribution in [2.24, 2.45) is 7.05 Å². The molecule has 2 N–H and O–H groups in total. The number of aromatic nitrogens is 2. The van der Waals surface area contributed by atoms with Gasteiger partial charge in [0, 0.05) is 28.9 Å². The Morgan fingerprint density at radius 1 is 1.71 bits per heavy atom. The van der Waals surface area contributed by atoms with E-state index in [-0.39, 0.29) is 12.1 Å². The minimum atomic E-state index is -0.0713. The lowest BCUT2D eigenvalue weighted by molar-refractivity contribution is 0.131. The fraction of sp³-hybridized carbons (Fsp3) is 0.750. The van der Waals surface area contributed by atoms with Crippen molar-refractivity contribution < 1.29 is 5.11 Å². The van der Waals surface area contributed by atoms with E-state index in [1.54, 1.807) is 0 Å². The van der Waals surface area contributed by atoms with E-state index in [9.17, 15) is 5.11 Å². The Kier molecular flexibility index (Phi) is 4.12. The molecule has 0 radical (unpaired) electrons. The number of thioether (sulfide) groups is 1. The van der Waals surface area contributed by atoms with Crippen molar-refractivity contribution >= 4 is 11.8 Å².